The minimum absolute atomic E-state index is 0.306. The standard InChI is InChI=1S/C16H19FO4/c1-16(2,3)21-15(19)9-12(18)14-6-4-10-8-11(17)5-7-13(10)20-14/h5,7-8,14H,4,6,9H2,1-3H3. The lowest BCUT2D eigenvalue weighted by molar-refractivity contribution is -0.157. The lowest BCUT2D eigenvalue weighted by Crippen LogP contribution is -2.34. The van der Waals surface area contributed by atoms with Crippen LogP contribution in [0.3, 0.4) is 0 Å². The number of ether oxygens (including phenoxy) is 2. The first-order chi connectivity index (χ1) is 9.74. The maximum absolute atomic E-state index is 13.1. The van der Waals surface area contributed by atoms with Crippen LogP contribution in [0, 0.1) is 5.82 Å². The molecule has 0 aromatic heterocycles. The Labute approximate surface area is 123 Å². The molecule has 5 heteroatoms. The Morgan fingerprint density at radius 2 is 2.10 bits per heavy atom. The molecule has 4 nitrogen and oxygen atoms in total. The molecule has 21 heavy (non-hydrogen) atoms. The third-order valence-corrected chi connectivity index (χ3v) is 3.07. The first kappa shape index (κ1) is 15.5. The third-order valence-electron chi connectivity index (χ3n) is 3.07. The van der Waals surface area contributed by atoms with Crippen molar-refractivity contribution in [1.82, 2.24) is 0 Å². The molecular formula is C16H19FO4. The molecule has 1 aliphatic heterocycles. The zero-order valence-electron chi connectivity index (χ0n) is 12.4. The van der Waals surface area contributed by atoms with Gasteiger partial charge in [-0.25, -0.2) is 4.39 Å². The number of carbonyl (C=O) groups is 2. The second kappa shape index (κ2) is 5.84. The summed E-state index contributed by atoms with van der Waals surface area (Å²) in [6, 6.07) is 4.21. The average Bonchev–Trinajstić information content (AvgIpc) is 2.35. The first-order valence-corrected chi connectivity index (χ1v) is 6.94. The molecule has 0 amide bonds. The predicted octanol–water partition coefficient (Wildman–Crippen LogP) is 2.82. The molecule has 0 spiro atoms. The molecule has 1 aromatic carbocycles. The Balaban J connectivity index is 1.96. The summed E-state index contributed by atoms with van der Waals surface area (Å²) in [7, 11) is 0. The molecular weight excluding hydrogens is 275 g/mol. The van der Waals surface area contributed by atoms with Crippen molar-refractivity contribution in [2.45, 2.75) is 51.7 Å². The van der Waals surface area contributed by atoms with Crippen molar-refractivity contribution >= 4 is 11.8 Å². The number of halogens is 1. The van der Waals surface area contributed by atoms with Crippen LogP contribution in [0.15, 0.2) is 18.2 Å². The highest BCUT2D eigenvalue weighted by molar-refractivity contribution is 5.98. The van der Waals surface area contributed by atoms with Gasteiger partial charge < -0.3 is 9.47 Å². The van der Waals surface area contributed by atoms with Crippen LogP contribution in [0.2, 0.25) is 0 Å². The van der Waals surface area contributed by atoms with Crippen LogP contribution in [-0.2, 0) is 20.7 Å². The summed E-state index contributed by atoms with van der Waals surface area (Å²) in [4.78, 5) is 23.7. The largest absolute Gasteiger partial charge is 0.482 e. The number of ketones is 1. The van der Waals surface area contributed by atoms with Crippen molar-refractivity contribution in [2.24, 2.45) is 0 Å². The van der Waals surface area contributed by atoms with E-state index in [2.05, 4.69) is 0 Å². The molecule has 0 aliphatic carbocycles. The Kier molecular flexibility index (Phi) is 4.30. The van der Waals surface area contributed by atoms with E-state index in [1.807, 2.05) is 0 Å². The SMILES string of the molecule is CC(C)(C)OC(=O)CC(=O)C1CCc2cc(F)ccc2O1. The molecule has 0 bridgehead atoms. The summed E-state index contributed by atoms with van der Waals surface area (Å²) in [5, 5.41) is 0. The summed E-state index contributed by atoms with van der Waals surface area (Å²) in [6.07, 6.45) is 0.0180. The van der Waals surface area contributed by atoms with Gasteiger partial charge in [0.05, 0.1) is 0 Å². The molecule has 2 rings (SSSR count). The van der Waals surface area contributed by atoms with E-state index in [-0.39, 0.29) is 18.0 Å². The predicted molar refractivity (Wildman–Crippen MR) is 74.6 cm³/mol. The van der Waals surface area contributed by atoms with Gasteiger partial charge in [0.2, 0.25) is 0 Å². The highest BCUT2D eigenvalue weighted by Gasteiger charge is 2.29. The summed E-state index contributed by atoms with van der Waals surface area (Å²) < 4.78 is 23.8. The van der Waals surface area contributed by atoms with E-state index < -0.39 is 17.7 Å². The summed E-state index contributed by atoms with van der Waals surface area (Å²) in [6.45, 7) is 5.24. The van der Waals surface area contributed by atoms with Gasteiger partial charge in [0, 0.05) is 0 Å². The van der Waals surface area contributed by atoms with Crippen LogP contribution < -0.4 is 4.74 Å². The smallest absolute Gasteiger partial charge is 0.313 e. The van der Waals surface area contributed by atoms with Gasteiger partial charge in [-0.1, -0.05) is 0 Å². The van der Waals surface area contributed by atoms with E-state index in [1.54, 1.807) is 20.8 Å². The first-order valence-electron chi connectivity index (χ1n) is 6.94. The third kappa shape index (κ3) is 4.28. The number of rotatable bonds is 3. The number of aryl methyl sites for hydroxylation is 1. The highest BCUT2D eigenvalue weighted by atomic mass is 19.1. The topological polar surface area (TPSA) is 52.6 Å². The lowest BCUT2D eigenvalue weighted by Gasteiger charge is -2.25. The molecule has 114 valence electrons. The zero-order valence-corrected chi connectivity index (χ0v) is 12.4. The second-order valence-electron chi connectivity index (χ2n) is 6.13. The van der Waals surface area contributed by atoms with Gasteiger partial charge in [-0.2, -0.15) is 0 Å². The number of benzene rings is 1. The molecule has 0 saturated heterocycles. The normalized spacial score (nSPS) is 17.6. The van der Waals surface area contributed by atoms with Crippen molar-refractivity contribution in [2.75, 3.05) is 0 Å². The molecule has 1 aromatic rings. The quantitative estimate of drug-likeness (QED) is 0.635. The van der Waals surface area contributed by atoms with Gasteiger partial charge in [-0.05, 0) is 57.4 Å². The van der Waals surface area contributed by atoms with Gasteiger partial charge in [0.25, 0.3) is 0 Å². The van der Waals surface area contributed by atoms with Crippen LogP contribution in [0.5, 0.6) is 5.75 Å². The molecule has 0 N–H and O–H groups in total. The van der Waals surface area contributed by atoms with E-state index in [1.165, 1.54) is 18.2 Å². The van der Waals surface area contributed by atoms with Crippen LogP contribution >= 0.6 is 0 Å². The van der Waals surface area contributed by atoms with Crippen molar-refractivity contribution in [3.8, 4) is 5.75 Å². The van der Waals surface area contributed by atoms with E-state index in [0.717, 1.165) is 5.56 Å². The summed E-state index contributed by atoms with van der Waals surface area (Å²) >= 11 is 0. The molecule has 0 saturated carbocycles. The van der Waals surface area contributed by atoms with Crippen molar-refractivity contribution in [3.05, 3.63) is 29.6 Å². The maximum atomic E-state index is 13.1. The lowest BCUT2D eigenvalue weighted by atomic mass is 9.98. The van der Waals surface area contributed by atoms with E-state index in [9.17, 15) is 14.0 Å². The second-order valence-corrected chi connectivity index (χ2v) is 6.13. The van der Waals surface area contributed by atoms with Crippen molar-refractivity contribution < 1.29 is 23.5 Å². The Hall–Kier alpha value is -1.91. The van der Waals surface area contributed by atoms with Gasteiger partial charge >= 0.3 is 5.97 Å². The number of carbonyl (C=O) groups excluding carboxylic acids is 2. The minimum Gasteiger partial charge on any atom is -0.482 e. The number of hydrogen-bond donors (Lipinski definition) is 0. The minimum atomic E-state index is -0.671. The number of Topliss-reactive ketones (excluding diaryl/α,β-unsaturated/α-hetero) is 1. The maximum Gasteiger partial charge on any atom is 0.313 e. The highest BCUT2D eigenvalue weighted by Crippen LogP contribution is 2.28. The number of hydrogen-bond acceptors (Lipinski definition) is 4. The molecule has 0 radical (unpaired) electrons. The molecule has 1 heterocycles. The van der Waals surface area contributed by atoms with Crippen LogP contribution in [0.4, 0.5) is 4.39 Å². The van der Waals surface area contributed by atoms with Crippen LogP contribution in [0.1, 0.15) is 39.2 Å². The van der Waals surface area contributed by atoms with Crippen LogP contribution in [-0.4, -0.2) is 23.5 Å². The van der Waals surface area contributed by atoms with Gasteiger partial charge in [0.15, 0.2) is 11.9 Å². The van der Waals surface area contributed by atoms with Crippen molar-refractivity contribution in [3.63, 3.8) is 0 Å². The average molecular weight is 294 g/mol. The zero-order chi connectivity index (χ0) is 15.6. The summed E-state index contributed by atoms with van der Waals surface area (Å²) in [5.41, 5.74) is 0.130. The van der Waals surface area contributed by atoms with Gasteiger partial charge in [-0.15, -0.1) is 0 Å². The van der Waals surface area contributed by atoms with E-state index >= 15 is 0 Å². The molecule has 1 aliphatic rings. The fourth-order valence-corrected chi connectivity index (χ4v) is 2.22. The number of esters is 1. The van der Waals surface area contributed by atoms with E-state index in [4.69, 9.17) is 9.47 Å². The molecule has 1 atom stereocenters. The fraction of sp³-hybridized carbons (Fsp3) is 0.500. The van der Waals surface area contributed by atoms with Gasteiger partial charge in [-0.3, -0.25) is 9.59 Å². The Morgan fingerprint density at radius 3 is 2.76 bits per heavy atom. The van der Waals surface area contributed by atoms with E-state index in [0.29, 0.717) is 18.6 Å². The molecule has 1 unspecified atom stereocenters. The monoisotopic (exact) mass is 294 g/mol. The summed E-state index contributed by atoms with van der Waals surface area (Å²) in [5.74, 6) is -0.679. The van der Waals surface area contributed by atoms with Crippen LogP contribution in [0.25, 0.3) is 0 Å². The molecule has 0 fully saturated rings. The number of fused-ring (bicyclic) bond motifs is 1. The van der Waals surface area contributed by atoms with Crippen molar-refractivity contribution in [1.29, 1.82) is 0 Å². The Bertz CT molecular complexity index is 560. The van der Waals surface area contributed by atoms with Gasteiger partial charge in [0.1, 0.15) is 23.6 Å². The Morgan fingerprint density at radius 1 is 1.38 bits per heavy atom. The fourth-order valence-electron chi connectivity index (χ4n) is 2.22.